The number of hydrogen-bond donors (Lipinski definition) is 2. The third-order valence-electron chi connectivity index (χ3n) is 3.79. The van der Waals surface area contributed by atoms with E-state index in [9.17, 15) is 0 Å². The number of aryl methyl sites for hydroxylation is 1. The van der Waals surface area contributed by atoms with E-state index in [1.807, 2.05) is 18.4 Å². The summed E-state index contributed by atoms with van der Waals surface area (Å²) in [6.45, 7) is 6.72. The topological polar surface area (TPSA) is 48.9 Å². The molecular weight excluding hydrogens is 296 g/mol. The minimum atomic E-state index is 0.765. The maximum atomic E-state index is 5.19. The fourth-order valence-electron chi connectivity index (χ4n) is 2.41. The molecule has 1 fully saturated rings. The molecule has 0 bridgehead atoms. The van der Waals surface area contributed by atoms with Crippen LogP contribution in [0.25, 0.3) is 0 Å². The Morgan fingerprint density at radius 2 is 2.18 bits per heavy atom. The largest absolute Gasteiger partial charge is 0.383 e. The molecule has 1 aromatic heterocycles. The maximum Gasteiger partial charge on any atom is 0.191 e. The van der Waals surface area contributed by atoms with Crippen molar-refractivity contribution in [2.45, 2.75) is 32.4 Å². The van der Waals surface area contributed by atoms with Crippen LogP contribution in [0.4, 0.5) is 0 Å². The summed E-state index contributed by atoms with van der Waals surface area (Å²) in [6, 6.07) is 5.09. The van der Waals surface area contributed by atoms with Crippen molar-refractivity contribution in [2.75, 3.05) is 40.4 Å². The molecule has 1 aliphatic rings. The number of aliphatic imine (C=N–C) groups is 1. The zero-order chi connectivity index (χ0) is 15.8. The first-order chi connectivity index (χ1) is 10.7. The van der Waals surface area contributed by atoms with E-state index in [4.69, 9.17) is 4.74 Å². The molecule has 0 aromatic carbocycles. The maximum absolute atomic E-state index is 5.19. The van der Waals surface area contributed by atoms with E-state index < -0.39 is 0 Å². The van der Waals surface area contributed by atoms with Gasteiger partial charge < -0.3 is 15.4 Å². The molecule has 5 nitrogen and oxygen atoms in total. The van der Waals surface area contributed by atoms with E-state index in [1.165, 1.54) is 22.6 Å². The Hall–Kier alpha value is -1.11. The van der Waals surface area contributed by atoms with Gasteiger partial charge in [-0.3, -0.25) is 9.89 Å². The van der Waals surface area contributed by atoms with Crippen LogP contribution in [0.2, 0.25) is 0 Å². The van der Waals surface area contributed by atoms with Gasteiger partial charge in [0.25, 0.3) is 0 Å². The minimum Gasteiger partial charge on any atom is -0.383 e. The number of thiophene rings is 1. The van der Waals surface area contributed by atoms with E-state index >= 15 is 0 Å². The number of hydrogen-bond acceptors (Lipinski definition) is 4. The van der Waals surface area contributed by atoms with Crippen LogP contribution in [0.1, 0.15) is 22.6 Å². The molecule has 0 saturated heterocycles. The third-order valence-corrected chi connectivity index (χ3v) is 4.79. The van der Waals surface area contributed by atoms with Gasteiger partial charge in [0.1, 0.15) is 0 Å². The van der Waals surface area contributed by atoms with Crippen molar-refractivity contribution < 1.29 is 4.74 Å². The molecule has 1 aromatic rings. The Balaban J connectivity index is 1.66. The average molecular weight is 324 g/mol. The summed E-state index contributed by atoms with van der Waals surface area (Å²) in [5, 5.41) is 6.76. The molecule has 1 aliphatic carbocycles. The average Bonchev–Trinajstić information content (AvgIpc) is 3.28. The summed E-state index contributed by atoms with van der Waals surface area (Å²) >= 11 is 1.82. The van der Waals surface area contributed by atoms with E-state index in [0.29, 0.717) is 0 Å². The molecule has 124 valence electrons. The standard InChI is InChI=1S/C16H28N4OS/c1-13-4-7-15(22-13)12-19-16(17-2)18-8-9-20(10-11-21-3)14-5-6-14/h4,7,14H,5-6,8-12H2,1-3H3,(H2,17,18,19). The van der Waals surface area contributed by atoms with Crippen molar-refractivity contribution in [3.8, 4) is 0 Å². The van der Waals surface area contributed by atoms with Crippen molar-refractivity contribution >= 4 is 17.3 Å². The second-order valence-electron chi connectivity index (χ2n) is 5.62. The highest BCUT2D eigenvalue weighted by molar-refractivity contribution is 7.11. The van der Waals surface area contributed by atoms with E-state index in [0.717, 1.165) is 44.8 Å². The molecule has 1 heterocycles. The summed E-state index contributed by atoms with van der Waals surface area (Å²) in [4.78, 5) is 9.47. The zero-order valence-electron chi connectivity index (χ0n) is 13.9. The van der Waals surface area contributed by atoms with Gasteiger partial charge in [-0.2, -0.15) is 0 Å². The van der Waals surface area contributed by atoms with E-state index in [2.05, 4.69) is 39.6 Å². The van der Waals surface area contributed by atoms with Gasteiger partial charge in [-0.05, 0) is 31.9 Å². The van der Waals surface area contributed by atoms with Gasteiger partial charge in [-0.15, -0.1) is 11.3 Å². The second-order valence-corrected chi connectivity index (χ2v) is 7.00. The van der Waals surface area contributed by atoms with Crippen LogP contribution in [0.3, 0.4) is 0 Å². The van der Waals surface area contributed by atoms with Crippen LogP contribution in [0, 0.1) is 6.92 Å². The van der Waals surface area contributed by atoms with E-state index in [-0.39, 0.29) is 0 Å². The highest BCUT2D eigenvalue weighted by Gasteiger charge is 2.28. The van der Waals surface area contributed by atoms with Crippen molar-refractivity contribution in [2.24, 2.45) is 4.99 Å². The molecule has 1 saturated carbocycles. The normalized spacial score (nSPS) is 15.4. The Bertz CT molecular complexity index is 470. The highest BCUT2D eigenvalue weighted by atomic mass is 32.1. The van der Waals surface area contributed by atoms with Gasteiger partial charge in [0, 0.05) is 49.6 Å². The van der Waals surface area contributed by atoms with Crippen molar-refractivity contribution in [1.82, 2.24) is 15.5 Å². The number of rotatable bonds is 9. The smallest absolute Gasteiger partial charge is 0.191 e. The molecule has 0 aliphatic heterocycles. The Kier molecular flexibility index (Phi) is 7.15. The molecule has 0 amide bonds. The van der Waals surface area contributed by atoms with Crippen molar-refractivity contribution in [3.63, 3.8) is 0 Å². The number of ether oxygens (including phenoxy) is 1. The molecule has 6 heteroatoms. The molecule has 2 N–H and O–H groups in total. The lowest BCUT2D eigenvalue weighted by atomic mass is 10.4. The van der Waals surface area contributed by atoms with E-state index in [1.54, 1.807) is 7.11 Å². The Labute approximate surface area is 137 Å². The Morgan fingerprint density at radius 1 is 1.36 bits per heavy atom. The van der Waals surface area contributed by atoms with Gasteiger partial charge in [0.05, 0.1) is 13.2 Å². The lowest BCUT2D eigenvalue weighted by Crippen LogP contribution is -2.42. The SMILES string of the molecule is CN=C(NCCN(CCOC)C1CC1)NCc1ccc(C)s1. The van der Waals surface area contributed by atoms with Crippen LogP contribution < -0.4 is 10.6 Å². The first-order valence-corrected chi connectivity index (χ1v) is 8.77. The zero-order valence-corrected chi connectivity index (χ0v) is 14.7. The summed E-state index contributed by atoms with van der Waals surface area (Å²) in [5.74, 6) is 0.869. The van der Waals surface area contributed by atoms with Gasteiger partial charge in [0.15, 0.2) is 5.96 Å². The number of guanidine groups is 1. The number of methoxy groups -OCH3 is 1. The fourth-order valence-corrected chi connectivity index (χ4v) is 3.24. The van der Waals surface area contributed by atoms with Crippen LogP contribution >= 0.6 is 11.3 Å². The molecule has 0 unspecified atom stereocenters. The summed E-state index contributed by atoms with van der Waals surface area (Å²) in [5.41, 5.74) is 0. The molecule has 2 rings (SSSR count). The molecule has 22 heavy (non-hydrogen) atoms. The summed E-state index contributed by atoms with van der Waals surface area (Å²) in [6.07, 6.45) is 2.66. The first kappa shape index (κ1) is 17.2. The van der Waals surface area contributed by atoms with Crippen molar-refractivity contribution in [1.29, 1.82) is 0 Å². The molecule has 0 radical (unpaired) electrons. The summed E-state index contributed by atoms with van der Waals surface area (Å²) in [7, 11) is 3.58. The predicted molar refractivity (Wildman–Crippen MR) is 93.7 cm³/mol. The number of nitrogens with one attached hydrogen (secondary N) is 2. The predicted octanol–water partition coefficient (Wildman–Crippen LogP) is 1.83. The second kappa shape index (κ2) is 9.12. The lowest BCUT2D eigenvalue weighted by molar-refractivity contribution is 0.144. The monoisotopic (exact) mass is 324 g/mol. The van der Waals surface area contributed by atoms with Gasteiger partial charge in [-0.1, -0.05) is 0 Å². The third kappa shape index (κ3) is 5.94. The van der Waals surface area contributed by atoms with Crippen molar-refractivity contribution in [3.05, 3.63) is 21.9 Å². The summed E-state index contributed by atoms with van der Waals surface area (Å²) < 4.78 is 5.19. The first-order valence-electron chi connectivity index (χ1n) is 7.95. The highest BCUT2D eigenvalue weighted by Crippen LogP contribution is 2.25. The van der Waals surface area contributed by atoms with Crippen LogP contribution in [0.15, 0.2) is 17.1 Å². The minimum absolute atomic E-state index is 0.765. The lowest BCUT2D eigenvalue weighted by Gasteiger charge is -2.22. The Morgan fingerprint density at radius 3 is 2.77 bits per heavy atom. The van der Waals surface area contributed by atoms with Crippen LogP contribution in [0.5, 0.6) is 0 Å². The molecule has 0 spiro atoms. The molecular formula is C16H28N4OS. The van der Waals surface area contributed by atoms with Crippen LogP contribution in [-0.2, 0) is 11.3 Å². The van der Waals surface area contributed by atoms with Gasteiger partial charge in [0.2, 0.25) is 0 Å². The van der Waals surface area contributed by atoms with Crippen LogP contribution in [-0.4, -0.2) is 57.3 Å². The number of nitrogens with zero attached hydrogens (tertiary/aromatic N) is 2. The quantitative estimate of drug-likeness (QED) is 0.537. The molecule has 0 atom stereocenters. The van der Waals surface area contributed by atoms with Gasteiger partial charge >= 0.3 is 0 Å². The fraction of sp³-hybridized carbons (Fsp3) is 0.688. The van der Waals surface area contributed by atoms with Gasteiger partial charge in [-0.25, -0.2) is 0 Å².